The second kappa shape index (κ2) is 6.20. The van der Waals surface area contributed by atoms with Gasteiger partial charge in [0.15, 0.2) is 0 Å². The van der Waals surface area contributed by atoms with Crippen LogP contribution in [0.5, 0.6) is 5.75 Å². The Kier molecular flexibility index (Phi) is 4.35. The molecule has 0 spiro atoms. The summed E-state index contributed by atoms with van der Waals surface area (Å²) in [4.78, 5) is -0.395. The molecule has 0 radical (unpaired) electrons. The fourth-order valence-corrected chi connectivity index (χ4v) is 2.20. The van der Waals surface area contributed by atoms with Gasteiger partial charge in [-0.25, -0.2) is 0 Å². The van der Waals surface area contributed by atoms with Gasteiger partial charge in [-0.05, 0) is 17.3 Å². The maximum atomic E-state index is 11.4. The zero-order chi connectivity index (χ0) is 16.2. The van der Waals surface area contributed by atoms with Crippen molar-refractivity contribution in [2.24, 2.45) is 0 Å². The van der Waals surface area contributed by atoms with Crippen molar-refractivity contribution < 1.29 is 17.7 Å². The lowest BCUT2D eigenvalue weighted by molar-refractivity contribution is 0.412. The summed E-state index contributed by atoms with van der Waals surface area (Å²) in [7, 11) is -3.12. The quantitative estimate of drug-likeness (QED) is 0.525. The Morgan fingerprint density at radius 2 is 2.32 bits per heavy atom. The van der Waals surface area contributed by atoms with Gasteiger partial charge >= 0.3 is 0 Å². The minimum absolute atomic E-state index is 0.0193. The highest BCUT2D eigenvalue weighted by molar-refractivity contribution is 7.86. The standard InChI is InChI=1S/C11H10N6O4S/c1-21-8-2-3-9(10(4-8)22(18,19)20)13-6-7(5-12)11-14-16-17-15-11/h2-4,6,13H,1H3,(H,18,19,20)(H,14,15,16,17). The number of aromatic amines is 1. The normalized spacial score (nSPS) is 11.8. The van der Waals surface area contributed by atoms with Gasteiger partial charge < -0.3 is 10.1 Å². The molecule has 0 aliphatic heterocycles. The van der Waals surface area contributed by atoms with Gasteiger partial charge in [-0.15, -0.1) is 10.2 Å². The number of aromatic nitrogens is 4. The van der Waals surface area contributed by atoms with E-state index >= 15 is 0 Å². The van der Waals surface area contributed by atoms with E-state index in [1.54, 1.807) is 0 Å². The highest BCUT2D eigenvalue weighted by Gasteiger charge is 2.16. The molecule has 0 aliphatic rings. The lowest BCUT2D eigenvalue weighted by Gasteiger charge is -2.09. The largest absolute Gasteiger partial charge is 0.497 e. The summed E-state index contributed by atoms with van der Waals surface area (Å²) in [5.41, 5.74) is 0.0744. The summed E-state index contributed by atoms with van der Waals surface area (Å²) < 4.78 is 37.0. The van der Waals surface area contributed by atoms with Gasteiger partial charge in [0.25, 0.3) is 10.1 Å². The topological polar surface area (TPSA) is 154 Å². The Balaban J connectivity index is 2.40. The van der Waals surface area contributed by atoms with Crippen LogP contribution in [0.1, 0.15) is 5.82 Å². The molecule has 0 amide bonds. The molecule has 22 heavy (non-hydrogen) atoms. The summed E-state index contributed by atoms with van der Waals surface area (Å²) in [6, 6.07) is 5.85. The van der Waals surface area contributed by atoms with E-state index in [0.717, 1.165) is 6.07 Å². The van der Waals surface area contributed by atoms with Gasteiger partial charge in [0.2, 0.25) is 5.82 Å². The summed E-state index contributed by atoms with van der Waals surface area (Å²) in [6.45, 7) is 0. The number of hydrogen-bond acceptors (Lipinski definition) is 8. The molecule has 3 N–H and O–H groups in total. The van der Waals surface area contributed by atoms with E-state index in [2.05, 4.69) is 25.9 Å². The number of hydrogen-bond donors (Lipinski definition) is 3. The number of ether oxygens (including phenoxy) is 1. The van der Waals surface area contributed by atoms with Gasteiger partial charge in [0.05, 0.1) is 12.8 Å². The molecule has 0 fully saturated rings. The zero-order valence-electron chi connectivity index (χ0n) is 11.2. The average Bonchev–Trinajstić information content (AvgIpc) is 3.01. The van der Waals surface area contributed by atoms with Gasteiger partial charge in [0.1, 0.15) is 22.3 Å². The van der Waals surface area contributed by atoms with E-state index in [1.165, 1.54) is 25.4 Å². The molecule has 1 heterocycles. The summed E-state index contributed by atoms with van der Waals surface area (Å²) in [5, 5.41) is 24.4. The number of methoxy groups -OCH3 is 1. The molecule has 1 aromatic heterocycles. The molecular weight excluding hydrogens is 312 g/mol. The van der Waals surface area contributed by atoms with Crippen molar-refractivity contribution >= 4 is 21.4 Å². The second-order valence-corrected chi connectivity index (χ2v) is 5.28. The number of benzene rings is 1. The van der Waals surface area contributed by atoms with Crippen molar-refractivity contribution in [3.63, 3.8) is 0 Å². The SMILES string of the molecule is COc1ccc(NC=C(C#N)c2nn[nH]n2)c(S(=O)(=O)O)c1. The average molecular weight is 322 g/mol. The Labute approximate surface area is 125 Å². The molecule has 114 valence electrons. The fraction of sp³-hybridized carbons (Fsp3) is 0.0909. The van der Waals surface area contributed by atoms with Gasteiger partial charge in [-0.1, -0.05) is 0 Å². The van der Waals surface area contributed by atoms with Crippen molar-refractivity contribution in [2.75, 3.05) is 12.4 Å². The molecular formula is C11H10N6O4S. The van der Waals surface area contributed by atoms with Crippen LogP contribution >= 0.6 is 0 Å². The lowest BCUT2D eigenvalue weighted by atomic mass is 10.2. The number of nitrogens with one attached hydrogen (secondary N) is 2. The van der Waals surface area contributed by atoms with E-state index in [9.17, 15) is 13.0 Å². The molecule has 11 heteroatoms. The van der Waals surface area contributed by atoms with E-state index in [0.29, 0.717) is 0 Å². The third kappa shape index (κ3) is 3.37. The van der Waals surface area contributed by atoms with E-state index in [4.69, 9.17) is 10.00 Å². The molecule has 0 unspecified atom stereocenters. The van der Waals surface area contributed by atoms with Crippen LogP contribution in [0.2, 0.25) is 0 Å². The molecule has 2 rings (SSSR count). The number of H-pyrrole nitrogens is 1. The van der Waals surface area contributed by atoms with Crippen LogP contribution in [0.25, 0.3) is 5.57 Å². The van der Waals surface area contributed by atoms with Gasteiger partial charge in [-0.2, -0.15) is 18.9 Å². The third-order valence-electron chi connectivity index (χ3n) is 2.55. The predicted molar refractivity (Wildman–Crippen MR) is 74.2 cm³/mol. The molecule has 2 aromatic rings. The van der Waals surface area contributed by atoms with Crippen LogP contribution in [0, 0.1) is 11.3 Å². The number of anilines is 1. The summed E-state index contributed by atoms with van der Waals surface area (Å²) in [5.74, 6) is 0.290. The van der Waals surface area contributed by atoms with Crippen LogP contribution in [-0.4, -0.2) is 40.7 Å². The molecule has 0 saturated heterocycles. The van der Waals surface area contributed by atoms with Crippen LogP contribution in [0.4, 0.5) is 5.69 Å². The highest BCUT2D eigenvalue weighted by Crippen LogP contribution is 2.26. The zero-order valence-corrected chi connectivity index (χ0v) is 12.0. The number of nitriles is 1. The van der Waals surface area contributed by atoms with E-state index in [1.807, 2.05) is 6.07 Å². The number of tetrazole rings is 1. The Morgan fingerprint density at radius 3 is 2.86 bits per heavy atom. The van der Waals surface area contributed by atoms with Crippen LogP contribution in [-0.2, 0) is 10.1 Å². The van der Waals surface area contributed by atoms with Crippen molar-refractivity contribution in [3.8, 4) is 11.8 Å². The Morgan fingerprint density at radius 1 is 1.55 bits per heavy atom. The molecule has 10 nitrogen and oxygen atoms in total. The van der Waals surface area contributed by atoms with Crippen molar-refractivity contribution in [1.82, 2.24) is 20.6 Å². The number of nitrogens with zero attached hydrogens (tertiary/aromatic N) is 4. The van der Waals surface area contributed by atoms with Crippen LogP contribution in [0.15, 0.2) is 29.3 Å². The molecule has 1 aromatic carbocycles. The summed E-state index contributed by atoms with van der Waals surface area (Å²) >= 11 is 0. The number of allylic oxidation sites excluding steroid dienone is 1. The predicted octanol–water partition coefficient (Wildman–Crippen LogP) is 0.432. The van der Waals surface area contributed by atoms with Crippen molar-refractivity contribution in [2.45, 2.75) is 4.90 Å². The minimum Gasteiger partial charge on any atom is -0.497 e. The van der Waals surface area contributed by atoms with Gasteiger partial charge in [0, 0.05) is 12.3 Å². The van der Waals surface area contributed by atoms with E-state index in [-0.39, 0.29) is 22.8 Å². The maximum Gasteiger partial charge on any atom is 0.296 e. The highest BCUT2D eigenvalue weighted by atomic mass is 32.2. The first-order chi connectivity index (χ1) is 10.5. The fourth-order valence-electron chi connectivity index (χ4n) is 1.53. The maximum absolute atomic E-state index is 11.4. The van der Waals surface area contributed by atoms with Crippen molar-refractivity contribution in [3.05, 3.63) is 30.2 Å². The Bertz CT molecular complexity index is 838. The smallest absolute Gasteiger partial charge is 0.296 e. The third-order valence-corrected chi connectivity index (χ3v) is 3.44. The van der Waals surface area contributed by atoms with Gasteiger partial charge in [-0.3, -0.25) is 4.55 Å². The van der Waals surface area contributed by atoms with Crippen LogP contribution in [0.3, 0.4) is 0 Å². The molecule has 0 aliphatic carbocycles. The van der Waals surface area contributed by atoms with Crippen LogP contribution < -0.4 is 10.1 Å². The molecule has 0 saturated carbocycles. The van der Waals surface area contributed by atoms with E-state index < -0.39 is 15.0 Å². The first kappa shape index (κ1) is 15.4. The number of rotatable bonds is 5. The monoisotopic (exact) mass is 322 g/mol. The first-order valence-electron chi connectivity index (χ1n) is 5.72. The minimum atomic E-state index is -4.48. The Hall–Kier alpha value is -2.97. The lowest BCUT2D eigenvalue weighted by Crippen LogP contribution is -2.04. The van der Waals surface area contributed by atoms with Crippen molar-refractivity contribution in [1.29, 1.82) is 5.26 Å². The second-order valence-electron chi connectivity index (χ2n) is 3.89. The summed E-state index contributed by atoms with van der Waals surface area (Å²) in [6.07, 6.45) is 1.20. The molecule has 0 atom stereocenters. The first-order valence-corrected chi connectivity index (χ1v) is 7.16. The molecule has 0 bridgehead atoms.